The van der Waals surface area contributed by atoms with E-state index >= 15 is 0 Å². The SMILES string of the molecule is CCOC(=O)COc1ccc(C=Nc2sc3c(c2C(=O)Nc2ccc(Cl)cc2)CC[C@@H](C(C)(C)C)C3)cc1. The first-order chi connectivity index (χ1) is 18.1. The van der Waals surface area contributed by atoms with E-state index < -0.39 is 5.97 Å². The number of rotatable bonds is 8. The van der Waals surface area contributed by atoms with E-state index in [9.17, 15) is 9.59 Å². The minimum atomic E-state index is -0.405. The maximum absolute atomic E-state index is 13.5. The van der Waals surface area contributed by atoms with E-state index in [2.05, 4.69) is 26.1 Å². The van der Waals surface area contributed by atoms with Crippen molar-refractivity contribution in [1.82, 2.24) is 0 Å². The van der Waals surface area contributed by atoms with Gasteiger partial charge in [-0.2, -0.15) is 0 Å². The van der Waals surface area contributed by atoms with Gasteiger partial charge in [0.2, 0.25) is 0 Å². The van der Waals surface area contributed by atoms with Crippen LogP contribution in [0.25, 0.3) is 0 Å². The lowest BCUT2D eigenvalue weighted by Gasteiger charge is -2.33. The van der Waals surface area contributed by atoms with Crippen LogP contribution in [0, 0.1) is 11.3 Å². The summed E-state index contributed by atoms with van der Waals surface area (Å²) < 4.78 is 10.4. The Morgan fingerprint density at radius 1 is 1.13 bits per heavy atom. The molecule has 38 heavy (non-hydrogen) atoms. The summed E-state index contributed by atoms with van der Waals surface area (Å²) in [5, 5.41) is 4.35. The standard InChI is InChI=1S/C30H33ClN2O4S/c1-5-36-26(34)18-37-23-13-6-19(7-14-23)17-32-29-27(28(35)33-22-11-9-21(31)10-12-22)24-15-8-20(30(2,3)4)16-25(24)38-29/h6-7,9-14,17,20H,5,8,15-16,18H2,1-4H3,(H,33,35)/t20-/m1/s1. The second kappa shape index (κ2) is 12.1. The Bertz CT molecular complexity index is 1310. The number of thiophene rings is 1. The molecule has 0 bridgehead atoms. The first-order valence-electron chi connectivity index (χ1n) is 12.8. The largest absolute Gasteiger partial charge is 0.482 e. The molecule has 1 aliphatic rings. The Hall–Kier alpha value is -3.16. The van der Waals surface area contributed by atoms with Gasteiger partial charge >= 0.3 is 5.97 Å². The summed E-state index contributed by atoms with van der Waals surface area (Å²) in [5.74, 6) is 0.560. The number of nitrogens with one attached hydrogen (secondary N) is 1. The minimum absolute atomic E-state index is 0.135. The number of amides is 1. The summed E-state index contributed by atoms with van der Waals surface area (Å²) in [6.45, 7) is 8.78. The van der Waals surface area contributed by atoms with Gasteiger partial charge < -0.3 is 14.8 Å². The van der Waals surface area contributed by atoms with E-state index in [1.54, 1.807) is 60.9 Å². The number of esters is 1. The predicted molar refractivity (Wildman–Crippen MR) is 155 cm³/mol. The molecule has 0 aliphatic heterocycles. The van der Waals surface area contributed by atoms with Crippen molar-refractivity contribution in [2.75, 3.05) is 18.5 Å². The molecule has 0 saturated carbocycles. The molecule has 1 heterocycles. The molecular weight excluding hydrogens is 520 g/mol. The fraction of sp³-hybridized carbons (Fsp3) is 0.367. The van der Waals surface area contributed by atoms with Crippen LogP contribution in [0.15, 0.2) is 53.5 Å². The van der Waals surface area contributed by atoms with Crippen molar-refractivity contribution in [3.63, 3.8) is 0 Å². The molecule has 6 nitrogen and oxygen atoms in total. The molecule has 200 valence electrons. The van der Waals surface area contributed by atoms with Gasteiger partial charge in [-0.15, -0.1) is 11.3 Å². The number of fused-ring (bicyclic) bond motifs is 1. The van der Waals surface area contributed by atoms with Crippen LogP contribution >= 0.6 is 22.9 Å². The van der Waals surface area contributed by atoms with E-state index in [-0.39, 0.29) is 17.9 Å². The average molecular weight is 553 g/mol. The summed E-state index contributed by atoms with van der Waals surface area (Å²) in [4.78, 5) is 31.0. The monoisotopic (exact) mass is 552 g/mol. The molecule has 2 aromatic carbocycles. The lowest BCUT2D eigenvalue weighted by molar-refractivity contribution is -0.145. The third-order valence-electron chi connectivity index (χ3n) is 6.67. The average Bonchev–Trinajstić information content (AvgIpc) is 3.26. The predicted octanol–water partition coefficient (Wildman–Crippen LogP) is 7.50. The number of ether oxygens (including phenoxy) is 2. The Morgan fingerprint density at radius 2 is 1.84 bits per heavy atom. The number of carbonyl (C=O) groups excluding carboxylic acids is 2. The maximum atomic E-state index is 13.5. The van der Waals surface area contributed by atoms with E-state index in [0.717, 1.165) is 30.4 Å². The van der Waals surface area contributed by atoms with E-state index in [1.807, 2.05) is 12.1 Å². The van der Waals surface area contributed by atoms with E-state index in [1.165, 1.54) is 4.88 Å². The van der Waals surface area contributed by atoms with Gasteiger partial charge in [0, 0.05) is 21.8 Å². The van der Waals surface area contributed by atoms with Crippen molar-refractivity contribution in [3.05, 3.63) is 75.1 Å². The first kappa shape index (κ1) is 27.9. The third kappa shape index (κ3) is 7.03. The Morgan fingerprint density at radius 3 is 2.50 bits per heavy atom. The normalized spacial score (nSPS) is 15.2. The molecule has 1 aromatic heterocycles. The van der Waals surface area contributed by atoms with Crippen LogP contribution in [-0.2, 0) is 22.4 Å². The molecule has 0 saturated heterocycles. The lowest BCUT2D eigenvalue weighted by Crippen LogP contribution is -2.27. The van der Waals surface area contributed by atoms with Gasteiger partial charge in [0.05, 0.1) is 12.2 Å². The van der Waals surface area contributed by atoms with Gasteiger partial charge in [0.1, 0.15) is 10.8 Å². The van der Waals surface area contributed by atoms with Crippen molar-refractivity contribution < 1.29 is 19.1 Å². The molecule has 1 amide bonds. The summed E-state index contributed by atoms with van der Waals surface area (Å²) >= 11 is 7.62. The molecule has 1 aliphatic carbocycles. The quantitative estimate of drug-likeness (QED) is 0.232. The number of benzene rings is 2. The highest BCUT2D eigenvalue weighted by atomic mass is 35.5. The molecule has 1 N–H and O–H groups in total. The fourth-order valence-electron chi connectivity index (χ4n) is 4.49. The van der Waals surface area contributed by atoms with Gasteiger partial charge in [-0.3, -0.25) is 4.79 Å². The highest BCUT2D eigenvalue weighted by molar-refractivity contribution is 7.16. The Labute approximate surface area is 233 Å². The molecule has 0 fully saturated rings. The molecule has 1 atom stereocenters. The van der Waals surface area contributed by atoms with Crippen molar-refractivity contribution >= 4 is 51.7 Å². The number of anilines is 1. The first-order valence-corrected chi connectivity index (χ1v) is 14.0. The van der Waals surface area contributed by atoms with Gasteiger partial charge in [-0.25, -0.2) is 9.79 Å². The Balaban J connectivity index is 1.57. The van der Waals surface area contributed by atoms with Gasteiger partial charge in [0.25, 0.3) is 5.91 Å². The highest BCUT2D eigenvalue weighted by Gasteiger charge is 2.33. The number of hydrogen-bond donors (Lipinski definition) is 1. The zero-order valence-electron chi connectivity index (χ0n) is 22.2. The van der Waals surface area contributed by atoms with E-state index in [0.29, 0.717) is 39.5 Å². The van der Waals surface area contributed by atoms with Crippen LogP contribution in [0.1, 0.15) is 60.5 Å². The summed E-state index contributed by atoms with van der Waals surface area (Å²) in [5.41, 5.74) is 3.51. The lowest BCUT2D eigenvalue weighted by atomic mass is 9.72. The molecule has 0 radical (unpaired) electrons. The van der Waals surface area contributed by atoms with Crippen LogP contribution in [0.5, 0.6) is 5.75 Å². The summed E-state index contributed by atoms with van der Waals surface area (Å²) in [6.07, 6.45) is 4.61. The van der Waals surface area contributed by atoms with Gasteiger partial charge in [-0.05, 0) is 97.2 Å². The fourth-order valence-corrected chi connectivity index (χ4v) is 5.89. The molecule has 0 spiro atoms. The number of carbonyl (C=O) groups is 2. The smallest absolute Gasteiger partial charge is 0.344 e. The number of hydrogen-bond acceptors (Lipinski definition) is 6. The zero-order valence-corrected chi connectivity index (χ0v) is 23.7. The van der Waals surface area contributed by atoms with Gasteiger partial charge in [-0.1, -0.05) is 32.4 Å². The van der Waals surface area contributed by atoms with Gasteiger partial charge in [0.15, 0.2) is 6.61 Å². The van der Waals surface area contributed by atoms with Crippen molar-refractivity contribution in [2.24, 2.45) is 16.3 Å². The van der Waals surface area contributed by atoms with Crippen LogP contribution in [0.2, 0.25) is 5.02 Å². The third-order valence-corrected chi connectivity index (χ3v) is 8.09. The summed E-state index contributed by atoms with van der Waals surface area (Å²) in [7, 11) is 0. The Kier molecular flexibility index (Phi) is 8.90. The van der Waals surface area contributed by atoms with Crippen molar-refractivity contribution in [2.45, 2.75) is 47.0 Å². The van der Waals surface area contributed by atoms with Crippen LogP contribution in [0.3, 0.4) is 0 Å². The van der Waals surface area contributed by atoms with E-state index in [4.69, 9.17) is 26.1 Å². The minimum Gasteiger partial charge on any atom is -0.482 e. The van der Waals surface area contributed by atoms with Crippen LogP contribution in [-0.4, -0.2) is 31.3 Å². The van der Waals surface area contributed by atoms with Crippen molar-refractivity contribution in [3.8, 4) is 5.75 Å². The summed E-state index contributed by atoms with van der Waals surface area (Å²) in [6, 6.07) is 14.4. The maximum Gasteiger partial charge on any atom is 0.344 e. The second-order valence-corrected chi connectivity index (χ2v) is 11.9. The highest BCUT2D eigenvalue weighted by Crippen LogP contribution is 2.45. The zero-order chi connectivity index (χ0) is 27.3. The number of aliphatic imine (C=N–C) groups is 1. The second-order valence-electron chi connectivity index (χ2n) is 10.4. The van der Waals surface area contributed by atoms with Crippen LogP contribution < -0.4 is 10.1 Å². The van der Waals surface area contributed by atoms with Crippen molar-refractivity contribution in [1.29, 1.82) is 0 Å². The number of nitrogens with zero attached hydrogens (tertiary/aromatic N) is 1. The molecular formula is C30H33ClN2O4S. The topological polar surface area (TPSA) is 77.0 Å². The number of halogens is 1. The molecule has 4 rings (SSSR count). The molecule has 8 heteroatoms. The molecule has 3 aromatic rings. The van der Waals surface area contributed by atoms with Crippen LogP contribution in [0.4, 0.5) is 10.7 Å². The molecule has 0 unspecified atom stereocenters.